The number of halogens is 1. The summed E-state index contributed by atoms with van der Waals surface area (Å²) >= 11 is 0. The van der Waals surface area contributed by atoms with Gasteiger partial charge in [-0.25, -0.2) is 0 Å². The molecule has 0 aromatic heterocycles. The van der Waals surface area contributed by atoms with Crippen LogP contribution in [-0.4, -0.2) is 36.5 Å². The third-order valence-electron chi connectivity index (χ3n) is 5.03. The fourth-order valence-corrected chi connectivity index (χ4v) is 3.95. The second kappa shape index (κ2) is 5.79. The number of nitrogens with one attached hydrogen (secondary N) is 1. The van der Waals surface area contributed by atoms with Gasteiger partial charge in [0.15, 0.2) is 0 Å². The Bertz CT molecular complexity index is 296. The Kier molecular flexibility index (Phi) is 4.54. The van der Waals surface area contributed by atoms with Gasteiger partial charge in [-0.15, -0.1) is 12.4 Å². The van der Waals surface area contributed by atoms with Gasteiger partial charge in [0.05, 0.1) is 5.41 Å². The fraction of sp³-hybridized carbons (Fsp3) is 0.929. The first-order chi connectivity index (χ1) is 8.32. The SMILES string of the molecule is Cl.O=C1N(C2CCCCC2)CCC12CCCNC2. The predicted molar refractivity (Wildman–Crippen MR) is 75.0 cm³/mol. The molecule has 1 atom stereocenters. The molecule has 0 radical (unpaired) electrons. The van der Waals surface area contributed by atoms with Crippen molar-refractivity contribution in [3.63, 3.8) is 0 Å². The lowest BCUT2D eigenvalue weighted by Gasteiger charge is -2.35. The van der Waals surface area contributed by atoms with Crippen LogP contribution in [0.15, 0.2) is 0 Å². The number of carbonyl (C=O) groups is 1. The number of piperidine rings is 1. The van der Waals surface area contributed by atoms with Crippen LogP contribution in [0.1, 0.15) is 51.4 Å². The fourth-order valence-electron chi connectivity index (χ4n) is 3.95. The van der Waals surface area contributed by atoms with Gasteiger partial charge in [0, 0.05) is 19.1 Å². The number of likely N-dealkylation sites (tertiary alicyclic amines) is 1. The van der Waals surface area contributed by atoms with E-state index in [0.717, 1.165) is 32.5 Å². The molecule has 0 aromatic rings. The Morgan fingerprint density at radius 2 is 1.89 bits per heavy atom. The zero-order valence-electron chi connectivity index (χ0n) is 11.1. The van der Waals surface area contributed by atoms with Gasteiger partial charge in [-0.3, -0.25) is 4.79 Å². The van der Waals surface area contributed by atoms with Crippen LogP contribution >= 0.6 is 12.4 Å². The minimum atomic E-state index is -0.0182. The molecule has 1 aliphatic carbocycles. The summed E-state index contributed by atoms with van der Waals surface area (Å²) in [4.78, 5) is 14.9. The van der Waals surface area contributed by atoms with Gasteiger partial charge in [-0.2, -0.15) is 0 Å². The minimum absolute atomic E-state index is 0. The van der Waals surface area contributed by atoms with Gasteiger partial charge in [-0.05, 0) is 38.6 Å². The van der Waals surface area contributed by atoms with E-state index in [1.54, 1.807) is 0 Å². The Hall–Kier alpha value is -0.280. The molecule has 2 aliphatic heterocycles. The molecule has 3 nitrogen and oxygen atoms in total. The van der Waals surface area contributed by atoms with Gasteiger partial charge >= 0.3 is 0 Å². The van der Waals surface area contributed by atoms with E-state index >= 15 is 0 Å². The first kappa shape index (κ1) is 14.1. The first-order valence-corrected chi connectivity index (χ1v) is 7.34. The number of hydrogen-bond donors (Lipinski definition) is 1. The molecule has 3 fully saturated rings. The van der Waals surface area contributed by atoms with Crippen LogP contribution < -0.4 is 5.32 Å². The van der Waals surface area contributed by atoms with Gasteiger partial charge < -0.3 is 10.2 Å². The summed E-state index contributed by atoms with van der Waals surface area (Å²) in [7, 11) is 0. The molecule has 3 aliphatic rings. The normalized spacial score (nSPS) is 33.8. The summed E-state index contributed by atoms with van der Waals surface area (Å²) in [5.74, 6) is 0.469. The van der Waals surface area contributed by atoms with Crippen LogP contribution in [0.25, 0.3) is 0 Å². The first-order valence-electron chi connectivity index (χ1n) is 7.34. The lowest BCUT2D eigenvalue weighted by Crippen LogP contribution is -2.48. The lowest BCUT2D eigenvalue weighted by atomic mass is 9.79. The van der Waals surface area contributed by atoms with E-state index in [4.69, 9.17) is 0 Å². The van der Waals surface area contributed by atoms with Crippen LogP contribution in [0.4, 0.5) is 0 Å². The van der Waals surface area contributed by atoms with E-state index in [-0.39, 0.29) is 17.8 Å². The molecular weight excluding hydrogens is 248 g/mol. The second-order valence-electron chi connectivity index (χ2n) is 6.10. The monoisotopic (exact) mass is 272 g/mol. The van der Waals surface area contributed by atoms with Gasteiger partial charge in [0.2, 0.25) is 5.91 Å². The lowest BCUT2D eigenvalue weighted by molar-refractivity contribution is -0.139. The third kappa shape index (κ3) is 2.39. The maximum absolute atomic E-state index is 12.7. The highest BCUT2D eigenvalue weighted by atomic mass is 35.5. The van der Waals surface area contributed by atoms with Crippen molar-refractivity contribution in [2.45, 2.75) is 57.4 Å². The molecule has 104 valence electrons. The largest absolute Gasteiger partial charge is 0.339 e. The van der Waals surface area contributed by atoms with Crippen LogP contribution in [-0.2, 0) is 4.79 Å². The minimum Gasteiger partial charge on any atom is -0.339 e. The summed E-state index contributed by atoms with van der Waals surface area (Å²) < 4.78 is 0. The highest BCUT2D eigenvalue weighted by Crippen LogP contribution is 2.40. The van der Waals surface area contributed by atoms with Gasteiger partial charge in [0.1, 0.15) is 0 Å². The highest BCUT2D eigenvalue weighted by Gasteiger charge is 2.48. The zero-order valence-corrected chi connectivity index (χ0v) is 11.9. The number of amides is 1. The van der Waals surface area contributed by atoms with Crippen molar-refractivity contribution in [2.75, 3.05) is 19.6 Å². The average molecular weight is 273 g/mol. The summed E-state index contributed by atoms with van der Waals surface area (Å²) in [5, 5.41) is 3.42. The van der Waals surface area contributed by atoms with Crippen molar-refractivity contribution in [2.24, 2.45) is 5.41 Å². The summed E-state index contributed by atoms with van der Waals surface area (Å²) in [6.07, 6.45) is 9.87. The molecule has 1 unspecified atom stereocenters. The zero-order chi connectivity index (χ0) is 11.7. The van der Waals surface area contributed by atoms with Gasteiger partial charge in [-0.1, -0.05) is 19.3 Å². The smallest absolute Gasteiger partial charge is 0.230 e. The number of carbonyl (C=O) groups excluding carboxylic acids is 1. The Labute approximate surface area is 116 Å². The Morgan fingerprint density at radius 3 is 2.56 bits per heavy atom. The predicted octanol–water partition coefficient (Wildman–Crippen LogP) is 2.34. The van der Waals surface area contributed by atoms with E-state index in [9.17, 15) is 4.79 Å². The van der Waals surface area contributed by atoms with Crippen molar-refractivity contribution < 1.29 is 4.79 Å². The number of hydrogen-bond acceptors (Lipinski definition) is 2. The van der Waals surface area contributed by atoms with E-state index < -0.39 is 0 Å². The number of nitrogens with zero attached hydrogens (tertiary/aromatic N) is 1. The van der Waals surface area contributed by atoms with E-state index in [1.165, 1.54) is 38.5 Å². The molecule has 4 heteroatoms. The molecular formula is C14H25ClN2O. The molecule has 3 rings (SSSR count). The second-order valence-corrected chi connectivity index (χ2v) is 6.10. The third-order valence-corrected chi connectivity index (χ3v) is 5.03. The van der Waals surface area contributed by atoms with Gasteiger partial charge in [0.25, 0.3) is 0 Å². The Morgan fingerprint density at radius 1 is 1.11 bits per heavy atom. The maximum atomic E-state index is 12.7. The number of rotatable bonds is 1. The van der Waals surface area contributed by atoms with E-state index in [1.807, 2.05) is 0 Å². The van der Waals surface area contributed by atoms with Crippen LogP contribution in [0, 0.1) is 5.41 Å². The van der Waals surface area contributed by atoms with Crippen LogP contribution in [0.5, 0.6) is 0 Å². The molecule has 0 bridgehead atoms. The van der Waals surface area contributed by atoms with Crippen molar-refractivity contribution in [3.05, 3.63) is 0 Å². The van der Waals surface area contributed by atoms with E-state index in [2.05, 4.69) is 10.2 Å². The van der Waals surface area contributed by atoms with E-state index in [0.29, 0.717) is 11.9 Å². The maximum Gasteiger partial charge on any atom is 0.230 e. The topological polar surface area (TPSA) is 32.3 Å². The van der Waals surface area contributed by atoms with Crippen molar-refractivity contribution in [1.29, 1.82) is 0 Å². The summed E-state index contributed by atoms with van der Waals surface area (Å²) in [6, 6.07) is 0.567. The summed E-state index contributed by atoms with van der Waals surface area (Å²) in [6.45, 7) is 3.04. The molecule has 0 aromatic carbocycles. The molecule has 1 N–H and O–H groups in total. The molecule has 2 heterocycles. The molecule has 18 heavy (non-hydrogen) atoms. The average Bonchev–Trinajstić information content (AvgIpc) is 2.70. The Balaban J connectivity index is 0.00000120. The molecule has 1 spiro atoms. The van der Waals surface area contributed by atoms with Crippen molar-refractivity contribution in [1.82, 2.24) is 10.2 Å². The van der Waals surface area contributed by atoms with Crippen LogP contribution in [0.3, 0.4) is 0 Å². The summed E-state index contributed by atoms with van der Waals surface area (Å²) in [5.41, 5.74) is -0.0182. The van der Waals surface area contributed by atoms with Crippen molar-refractivity contribution >= 4 is 18.3 Å². The standard InChI is InChI=1S/C14H24N2O.ClH/c17-13-14(7-4-9-15-11-14)8-10-16(13)12-5-2-1-3-6-12;/h12,15H,1-11H2;1H. The highest BCUT2D eigenvalue weighted by molar-refractivity contribution is 5.85. The molecule has 1 amide bonds. The van der Waals surface area contributed by atoms with Crippen LogP contribution in [0.2, 0.25) is 0 Å². The molecule has 2 saturated heterocycles. The molecule has 1 saturated carbocycles. The van der Waals surface area contributed by atoms with Crippen molar-refractivity contribution in [3.8, 4) is 0 Å². The quantitative estimate of drug-likeness (QED) is 0.795.